The van der Waals surface area contributed by atoms with Gasteiger partial charge in [0.05, 0.1) is 6.61 Å². The molecule has 2 amide bonds. The Morgan fingerprint density at radius 1 is 1.29 bits per heavy atom. The third-order valence-corrected chi connectivity index (χ3v) is 5.38. The van der Waals surface area contributed by atoms with Crippen LogP contribution in [0, 0.1) is 0 Å². The average molecular weight is 446 g/mol. The number of hydrogen-bond acceptors (Lipinski definition) is 7. The number of amides is 2. The van der Waals surface area contributed by atoms with Crippen LogP contribution < -0.4 is 16.4 Å². The van der Waals surface area contributed by atoms with Gasteiger partial charge in [0.15, 0.2) is 5.13 Å². The Balaban J connectivity index is 1.81. The fourth-order valence-electron chi connectivity index (χ4n) is 3.06. The highest BCUT2D eigenvalue weighted by Crippen LogP contribution is 2.26. The molecular weight excluding hydrogens is 422 g/mol. The fourth-order valence-corrected chi connectivity index (χ4v) is 3.74. The zero-order valence-corrected chi connectivity index (χ0v) is 17.6. The van der Waals surface area contributed by atoms with Crippen LogP contribution >= 0.6 is 11.3 Å². The number of nitrogens with two attached hydrogens (primary N) is 1. The smallest absolute Gasteiger partial charge is 0.352 e. The van der Waals surface area contributed by atoms with Crippen LogP contribution in [0.5, 0.6) is 0 Å². The van der Waals surface area contributed by atoms with Crippen molar-refractivity contribution < 1.29 is 24.6 Å². The Hall–Kier alpha value is -3.28. The Morgan fingerprint density at radius 3 is 2.74 bits per heavy atom. The summed E-state index contributed by atoms with van der Waals surface area (Å²) >= 11 is 1.10. The van der Waals surface area contributed by atoms with Crippen molar-refractivity contribution in [2.24, 2.45) is 5.73 Å². The summed E-state index contributed by atoms with van der Waals surface area (Å²) in [5, 5.41) is 26.1. The molecular formula is C20H23N5O5S. The minimum atomic E-state index is -1.07. The van der Waals surface area contributed by atoms with E-state index in [4.69, 9.17) is 10.8 Å². The van der Waals surface area contributed by atoms with Crippen molar-refractivity contribution in [2.75, 3.05) is 18.5 Å². The molecule has 0 bridgehead atoms. The third kappa shape index (κ3) is 5.08. The number of aliphatic hydroxyl groups is 1. The second kappa shape index (κ2) is 9.69. The summed E-state index contributed by atoms with van der Waals surface area (Å²) in [5.41, 5.74) is 7.35. The van der Waals surface area contributed by atoms with E-state index in [0.717, 1.165) is 11.3 Å². The van der Waals surface area contributed by atoms with Crippen molar-refractivity contribution >= 4 is 45.2 Å². The number of nitrogens with zero attached hydrogens (tertiary/aromatic N) is 1. The maximum atomic E-state index is 12.7. The summed E-state index contributed by atoms with van der Waals surface area (Å²) < 4.78 is 0. The number of hydrogen-bond donors (Lipinski definition) is 6. The fraction of sp³-hybridized carbons (Fsp3) is 0.300. The normalized spacial score (nSPS) is 12.0. The molecule has 0 saturated heterocycles. The van der Waals surface area contributed by atoms with E-state index < -0.39 is 23.8 Å². The summed E-state index contributed by atoms with van der Waals surface area (Å²) in [4.78, 5) is 43.3. The Bertz CT molecular complexity index is 1120. The molecule has 0 spiro atoms. The molecule has 3 aromatic rings. The molecule has 7 N–H and O–H groups in total. The van der Waals surface area contributed by atoms with Gasteiger partial charge in [-0.05, 0) is 50.1 Å². The molecule has 1 unspecified atom stereocenters. The van der Waals surface area contributed by atoms with Gasteiger partial charge in [-0.25, -0.2) is 9.78 Å². The van der Waals surface area contributed by atoms with Crippen molar-refractivity contribution in [3.8, 4) is 0 Å². The van der Waals surface area contributed by atoms with Crippen LogP contribution in [-0.2, 0) is 6.42 Å². The number of anilines is 1. The van der Waals surface area contributed by atoms with Crippen molar-refractivity contribution in [1.29, 1.82) is 0 Å². The maximum absolute atomic E-state index is 12.7. The number of carboxylic acids is 1. The van der Waals surface area contributed by atoms with Gasteiger partial charge in [-0.15, -0.1) is 11.3 Å². The molecule has 0 aliphatic heterocycles. The minimum Gasteiger partial charge on any atom is -0.477 e. The van der Waals surface area contributed by atoms with Gasteiger partial charge in [0, 0.05) is 27.9 Å². The molecule has 0 aliphatic carbocycles. The summed E-state index contributed by atoms with van der Waals surface area (Å²) in [6.07, 6.45) is 1.09. The van der Waals surface area contributed by atoms with E-state index in [2.05, 4.69) is 20.6 Å². The number of carbonyl (C=O) groups is 3. The van der Waals surface area contributed by atoms with Crippen LogP contribution in [0.3, 0.4) is 0 Å². The van der Waals surface area contributed by atoms with Gasteiger partial charge in [0.2, 0.25) is 0 Å². The number of fused-ring (bicyclic) bond motifs is 1. The van der Waals surface area contributed by atoms with Crippen LogP contribution in [0.25, 0.3) is 10.9 Å². The first kappa shape index (κ1) is 22.4. The number of aromatic nitrogens is 2. The summed E-state index contributed by atoms with van der Waals surface area (Å²) in [6, 6.07) is 4.45. The van der Waals surface area contributed by atoms with E-state index in [1.54, 1.807) is 25.1 Å². The van der Waals surface area contributed by atoms with Gasteiger partial charge in [-0.3, -0.25) is 14.9 Å². The molecule has 11 heteroatoms. The van der Waals surface area contributed by atoms with Crippen molar-refractivity contribution in [3.63, 3.8) is 0 Å². The van der Waals surface area contributed by atoms with Crippen LogP contribution in [0.15, 0.2) is 23.6 Å². The summed E-state index contributed by atoms with van der Waals surface area (Å²) in [5.74, 6) is -1.95. The molecule has 1 atom stereocenters. The number of nitrogens with one attached hydrogen (secondary N) is 3. The highest BCUT2D eigenvalue weighted by Gasteiger charge is 2.19. The van der Waals surface area contributed by atoms with Crippen LogP contribution in [0.4, 0.5) is 5.13 Å². The first-order valence-electron chi connectivity index (χ1n) is 9.60. The average Bonchev–Trinajstić information content (AvgIpc) is 3.36. The third-order valence-electron chi connectivity index (χ3n) is 4.62. The molecule has 0 saturated carbocycles. The number of carbonyl (C=O) groups excluding carboxylic acids is 2. The lowest BCUT2D eigenvalue weighted by Crippen LogP contribution is -2.35. The van der Waals surface area contributed by atoms with E-state index in [9.17, 15) is 19.5 Å². The molecule has 0 fully saturated rings. The first-order chi connectivity index (χ1) is 14.8. The molecule has 10 nitrogen and oxygen atoms in total. The summed E-state index contributed by atoms with van der Waals surface area (Å²) in [7, 11) is 0. The van der Waals surface area contributed by atoms with E-state index >= 15 is 0 Å². The number of carboxylic acid groups (broad SMARTS) is 1. The van der Waals surface area contributed by atoms with E-state index in [1.165, 1.54) is 5.38 Å². The molecule has 31 heavy (non-hydrogen) atoms. The van der Waals surface area contributed by atoms with Crippen LogP contribution in [0.1, 0.15) is 50.2 Å². The van der Waals surface area contributed by atoms with Crippen LogP contribution in [0.2, 0.25) is 0 Å². The Morgan fingerprint density at radius 2 is 2.06 bits per heavy atom. The van der Waals surface area contributed by atoms with Gasteiger partial charge in [0.1, 0.15) is 11.4 Å². The van der Waals surface area contributed by atoms with Gasteiger partial charge < -0.3 is 26.2 Å². The first-order valence-corrected chi connectivity index (χ1v) is 10.5. The second-order valence-corrected chi connectivity index (χ2v) is 7.84. The largest absolute Gasteiger partial charge is 0.477 e. The number of aliphatic hydroxyl groups excluding tert-OH is 1. The Kier molecular flexibility index (Phi) is 7.00. The monoisotopic (exact) mass is 445 g/mol. The lowest BCUT2D eigenvalue weighted by atomic mass is 10.0. The highest BCUT2D eigenvalue weighted by molar-refractivity contribution is 7.14. The lowest BCUT2D eigenvalue weighted by molar-refractivity contribution is 0.0689. The lowest BCUT2D eigenvalue weighted by Gasteiger charge is -2.08. The zero-order valence-electron chi connectivity index (χ0n) is 16.8. The zero-order chi connectivity index (χ0) is 22.5. The van der Waals surface area contributed by atoms with Gasteiger partial charge in [0.25, 0.3) is 11.8 Å². The van der Waals surface area contributed by atoms with E-state index in [1.807, 2.05) is 0 Å². The number of rotatable bonds is 9. The molecule has 3 rings (SSSR count). The quantitative estimate of drug-likeness (QED) is 0.290. The number of thiazole rings is 1. The van der Waals surface area contributed by atoms with Gasteiger partial charge in [-0.2, -0.15) is 0 Å². The molecule has 164 valence electrons. The standard InChI is InChI=1S/C20H23N5O5S/c1-10(8-26)22-18(28)15-9-31-20(24-15)25-17(27)11-4-5-14-13(7-11)12(3-2-6-21)16(23-14)19(29)30/h4-5,7,9-10,23,26H,2-3,6,8,21H2,1H3,(H,22,28)(H,29,30)(H,24,25,27). The van der Waals surface area contributed by atoms with Crippen LogP contribution in [-0.4, -0.2) is 57.2 Å². The van der Waals surface area contributed by atoms with Crippen molar-refractivity contribution in [2.45, 2.75) is 25.8 Å². The minimum absolute atomic E-state index is 0.0914. The predicted octanol–water partition coefficient (Wildman–Crippen LogP) is 1.58. The maximum Gasteiger partial charge on any atom is 0.352 e. The van der Waals surface area contributed by atoms with E-state index in [-0.39, 0.29) is 23.1 Å². The molecule has 0 aliphatic rings. The SMILES string of the molecule is CC(CO)NC(=O)c1csc(NC(=O)c2ccc3[nH]c(C(=O)O)c(CCCN)c3c2)n1. The van der Waals surface area contributed by atoms with Gasteiger partial charge >= 0.3 is 5.97 Å². The predicted molar refractivity (Wildman–Crippen MR) is 117 cm³/mol. The highest BCUT2D eigenvalue weighted by atomic mass is 32.1. The molecule has 0 radical (unpaired) electrons. The van der Waals surface area contributed by atoms with Crippen molar-refractivity contribution in [3.05, 3.63) is 46.1 Å². The van der Waals surface area contributed by atoms with E-state index in [0.29, 0.717) is 41.4 Å². The summed E-state index contributed by atoms with van der Waals surface area (Å²) in [6.45, 7) is 1.88. The number of aromatic carboxylic acids is 1. The molecule has 2 heterocycles. The second-order valence-electron chi connectivity index (χ2n) is 6.99. The number of aromatic amines is 1. The number of H-pyrrole nitrogens is 1. The van der Waals surface area contributed by atoms with Gasteiger partial charge in [-0.1, -0.05) is 0 Å². The topological polar surface area (TPSA) is 170 Å². The molecule has 2 aromatic heterocycles. The van der Waals surface area contributed by atoms with Crippen molar-refractivity contribution in [1.82, 2.24) is 15.3 Å². The number of benzene rings is 1. The molecule has 1 aromatic carbocycles. The number of aryl methyl sites for hydroxylation is 1. The Labute approximate surface area is 181 Å².